The Bertz CT molecular complexity index is 879. The van der Waals surface area contributed by atoms with Crippen LogP contribution in [0.4, 0.5) is 0 Å². The fourth-order valence-corrected chi connectivity index (χ4v) is 3.60. The Kier molecular flexibility index (Phi) is 3.02. The lowest BCUT2D eigenvalue weighted by Gasteiger charge is -2.01. The molecule has 0 fully saturated rings. The molecule has 21 heavy (non-hydrogen) atoms. The zero-order valence-corrected chi connectivity index (χ0v) is 12.2. The molecule has 2 aromatic carbocycles. The lowest BCUT2D eigenvalue weighted by molar-refractivity contribution is 1.36. The smallest absolute Gasteiger partial charge is 0.0788 e. The van der Waals surface area contributed by atoms with Crippen LogP contribution < -0.4 is 0 Å². The zero-order valence-electron chi connectivity index (χ0n) is 11.4. The second kappa shape index (κ2) is 5.15. The van der Waals surface area contributed by atoms with Gasteiger partial charge >= 0.3 is 0 Å². The van der Waals surface area contributed by atoms with Gasteiger partial charge in [0.1, 0.15) is 0 Å². The van der Waals surface area contributed by atoms with Crippen molar-refractivity contribution >= 4 is 21.4 Å². The largest absolute Gasteiger partial charge is 0.256 e. The number of thiophene rings is 1. The summed E-state index contributed by atoms with van der Waals surface area (Å²) >= 11 is 1.82. The molecule has 0 amide bonds. The summed E-state index contributed by atoms with van der Waals surface area (Å²) in [6.45, 7) is 0. The molecule has 0 aliphatic rings. The maximum Gasteiger partial charge on any atom is 0.0788 e. The van der Waals surface area contributed by atoms with E-state index in [0.29, 0.717) is 0 Å². The quantitative estimate of drug-likeness (QED) is 0.465. The van der Waals surface area contributed by atoms with Crippen molar-refractivity contribution in [2.45, 2.75) is 0 Å². The van der Waals surface area contributed by atoms with Crippen molar-refractivity contribution in [2.24, 2.45) is 0 Å². The number of hydrogen-bond donors (Lipinski definition) is 0. The SMILES string of the molecule is c1ccc(-c2cc3c(-c4ccccc4)nccc3s2)cc1. The summed E-state index contributed by atoms with van der Waals surface area (Å²) < 4.78 is 1.28. The minimum absolute atomic E-state index is 1.06. The van der Waals surface area contributed by atoms with Gasteiger partial charge in [0, 0.05) is 26.7 Å². The Labute approximate surface area is 127 Å². The number of nitrogens with zero attached hydrogens (tertiary/aromatic N) is 1. The van der Waals surface area contributed by atoms with Crippen LogP contribution in [0.15, 0.2) is 79.0 Å². The second-order valence-corrected chi connectivity index (χ2v) is 6.00. The van der Waals surface area contributed by atoms with Crippen LogP contribution in [0.1, 0.15) is 0 Å². The van der Waals surface area contributed by atoms with Gasteiger partial charge in [-0.3, -0.25) is 4.98 Å². The molecule has 2 heterocycles. The minimum Gasteiger partial charge on any atom is -0.256 e. The molecular formula is C19H13NS. The predicted octanol–water partition coefficient (Wildman–Crippen LogP) is 5.63. The molecule has 0 radical (unpaired) electrons. The first-order valence-electron chi connectivity index (χ1n) is 6.91. The number of rotatable bonds is 2. The molecule has 1 nitrogen and oxygen atoms in total. The third kappa shape index (κ3) is 2.24. The average molecular weight is 287 g/mol. The highest BCUT2D eigenvalue weighted by Crippen LogP contribution is 2.37. The molecule has 100 valence electrons. The second-order valence-electron chi connectivity index (χ2n) is 4.91. The van der Waals surface area contributed by atoms with E-state index in [-0.39, 0.29) is 0 Å². The first-order valence-corrected chi connectivity index (χ1v) is 7.73. The standard InChI is InChI=1S/C19H13NS/c1-3-7-14(8-4-1)18-13-16-17(21-18)11-12-20-19(16)15-9-5-2-6-10-15/h1-13H. The predicted molar refractivity (Wildman–Crippen MR) is 90.5 cm³/mol. The highest BCUT2D eigenvalue weighted by Gasteiger charge is 2.09. The van der Waals surface area contributed by atoms with Crippen LogP contribution in [0.2, 0.25) is 0 Å². The van der Waals surface area contributed by atoms with Gasteiger partial charge in [-0.25, -0.2) is 0 Å². The maximum atomic E-state index is 4.59. The molecule has 0 unspecified atom stereocenters. The third-order valence-corrected chi connectivity index (χ3v) is 4.70. The van der Waals surface area contributed by atoms with E-state index in [1.165, 1.54) is 26.1 Å². The molecule has 2 aromatic heterocycles. The number of aromatic nitrogens is 1. The first-order chi connectivity index (χ1) is 10.4. The minimum atomic E-state index is 1.06. The van der Waals surface area contributed by atoms with Crippen molar-refractivity contribution in [3.63, 3.8) is 0 Å². The molecule has 2 heteroatoms. The van der Waals surface area contributed by atoms with Crippen molar-refractivity contribution in [1.29, 1.82) is 0 Å². The van der Waals surface area contributed by atoms with Gasteiger partial charge in [-0.05, 0) is 17.7 Å². The highest BCUT2D eigenvalue weighted by molar-refractivity contribution is 7.22. The van der Waals surface area contributed by atoms with Crippen molar-refractivity contribution in [1.82, 2.24) is 4.98 Å². The van der Waals surface area contributed by atoms with Crippen LogP contribution in [-0.4, -0.2) is 4.98 Å². The summed E-state index contributed by atoms with van der Waals surface area (Å²) in [5, 5.41) is 1.23. The molecule has 0 saturated carbocycles. The Morgan fingerprint density at radius 1 is 0.714 bits per heavy atom. The summed E-state index contributed by atoms with van der Waals surface area (Å²) in [5.74, 6) is 0. The average Bonchev–Trinajstić information content (AvgIpc) is 3.00. The summed E-state index contributed by atoms with van der Waals surface area (Å²) in [7, 11) is 0. The summed E-state index contributed by atoms with van der Waals surface area (Å²) in [6, 6.07) is 25.2. The van der Waals surface area contributed by atoms with E-state index < -0.39 is 0 Å². The van der Waals surface area contributed by atoms with E-state index in [9.17, 15) is 0 Å². The fraction of sp³-hybridized carbons (Fsp3) is 0. The van der Waals surface area contributed by atoms with Gasteiger partial charge in [-0.15, -0.1) is 11.3 Å². The van der Waals surface area contributed by atoms with Gasteiger partial charge in [-0.2, -0.15) is 0 Å². The highest BCUT2D eigenvalue weighted by atomic mass is 32.1. The molecule has 0 N–H and O–H groups in total. The zero-order chi connectivity index (χ0) is 14.1. The van der Waals surface area contributed by atoms with Gasteiger partial charge in [0.15, 0.2) is 0 Å². The molecule has 0 bridgehead atoms. The monoisotopic (exact) mass is 287 g/mol. The molecule has 0 saturated heterocycles. The summed E-state index contributed by atoms with van der Waals surface area (Å²) in [4.78, 5) is 5.88. The van der Waals surface area contributed by atoms with Gasteiger partial charge < -0.3 is 0 Å². The van der Waals surface area contributed by atoms with E-state index in [2.05, 4.69) is 65.6 Å². The molecule has 0 spiro atoms. The molecule has 0 aliphatic carbocycles. The van der Waals surface area contributed by atoms with E-state index in [0.717, 1.165) is 5.69 Å². The third-order valence-electron chi connectivity index (χ3n) is 3.55. The first kappa shape index (κ1) is 12.3. The lowest BCUT2D eigenvalue weighted by atomic mass is 10.1. The Hall–Kier alpha value is -2.45. The summed E-state index contributed by atoms with van der Waals surface area (Å²) in [6.07, 6.45) is 1.90. The van der Waals surface area contributed by atoms with Crippen LogP contribution in [0, 0.1) is 0 Å². The van der Waals surface area contributed by atoms with E-state index in [1.54, 1.807) is 0 Å². The van der Waals surface area contributed by atoms with Crippen molar-refractivity contribution in [3.05, 3.63) is 79.0 Å². The van der Waals surface area contributed by atoms with Crippen LogP contribution in [-0.2, 0) is 0 Å². The van der Waals surface area contributed by atoms with Crippen LogP contribution in [0.5, 0.6) is 0 Å². The number of benzene rings is 2. The molecule has 4 rings (SSSR count). The lowest BCUT2D eigenvalue weighted by Crippen LogP contribution is -1.82. The fourth-order valence-electron chi connectivity index (χ4n) is 2.53. The number of pyridine rings is 1. The van der Waals surface area contributed by atoms with Crippen LogP contribution in [0.25, 0.3) is 31.8 Å². The molecule has 0 atom stereocenters. The number of fused-ring (bicyclic) bond motifs is 1. The van der Waals surface area contributed by atoms with E-state index in [4.69, 9.17) is 0 Å². The topological polar surface area (TPSA) is 12.9 Å². The van der Waals surface area contributed by atoms with Gasteiger partial charge in [0.25, 0.3) is 0 Å². The summed E-state index contributed by atoms with van der Waals surface area (Å²) in [5.41, 5.74) is 3.49. The van der Waals surface area contributed by atoms with Crippen molar-refractivity contribution < 1.29 is 0 Å². The van der Waals surface area contributed by atoms with Crippen molar-refractivity contribution in [2.75, 3.05) is 0 Å². The van der Waals surface area contributed by atoms with Gasteiger partial charge in [0.2, 0.25) is 0 Å². The Morgan fingerprint density at radius 3 is 2.10 bits per heavy atom. The van der Waals surface area contributed by atoms with E-state index in [1.807, 2.05) is 29.7 Å². The normalized spacial score (nSPS) is 10.9. The van der Waals surface area contributed by atoms with Crippen molar-refractivity contribution in [3.8, 4) is 21.7 Å². The van der Waals surface area contributed by atoms with E-state index >= 15 is 0 Å². The Morgan fingerprint density at radius 2 is 1.38 bits per heavy atom. The van der Waals surface area contributed by atoms with Crippen LogP contribution >= 0.6 is 11.3 Å². The van der Waals surface area contributed by atoms with Crippen LogP contribution in [0.3, 0.4) is 0 Å². The molecular weight excluding hydrogens is 274 g/mol. The molecule has 0 aliphatic heterocycles. The maximum absolute atomic E-state index is 4.59. The number of hydrogen-bond acceptors (Lipinski definition) is 2. The molecule has 4 aromatic rings. The van der Waals surface area contributed by atoms with Gasteiger partial charge in [-0.1, -0.05) is 60.7 Å². The Balaban J connectivity index is 1.93. The van der Waals surface area contributed by atoms with Gasteiger partial charge in [0.05, 0.1) is 5.69 Å².